The summed E-state index contributed by atoms with van der Waals surface area (Å²) in [6, 6.07) is 0.592. The molecule has 1 nitrogen and oxygen atoms in total. The average molecular weight is 193 g/mol. The first-order valence-corrected chi connectivity index (χ1v) is 5.45. The van der Waals surface area contributed by atoms with E-state index in [0.717, 1.165) is 25.8 Å². The van der Waals surface area contributed by atoms with Crippen molar-refractivity contribution in [2.45, 2.75) is 53.0 Å². The molecule has 1 N–H and O–H groups in total. The van der Waals surface area contributed by atoms with E-state index >= 15 is 0 Å². The summed E-state index contributed by atoms with van der Waals surface area (Å²) in [5, 5.41) is 3.40. The number of allylic oxidation sites excluding steroid dienone is 1. The molecule has 0 bridgehead atoms. The van der Waals surface area contributed by atoms with E-state index < -0.39 is 0 Å². The van der Waals surface area contributed by atoms with Crippen molar-refractivity contribution in [3.63, 3.8) is 0 Å². The summed E-state index contributed by atoms with van der Waals surface area (Å²) in [5.74, 6) is 6.00. The lowest BCUT2D eigenvalue weighted by Crippen LogP contribution is -2.23. The lowest BCUT2D eigenvalue weighted by Gasteiger charge is -2.05. The highest BCUT2D eigenvalue weighted by atomic mass is 14.9. The molecule has 0 fully saturated rings. The van der Waals surface area contributed by atoms with Crippen LogP contribution in [0.25, 0.3) is 0 Å². The molecule has 0 rings (SSSR count). The molecule has 0 aliphatic heterocycles. The van der Waals surface area contributed by atoms with E-state index in [9.17, 15) is 0 Å². The maximum atomic E-state index is 3.40. The molecule has 1 heteroatoms. The summed E-state index contributed by atoms with van der Waals surface area (Å²) in [6.07, 6.45) is 5.55. The van der Waals surface area contributed by atoms with E-state index in [-0.39, 0.29) is 0 Å². The van der Waals surface area contributed by atoms with E-state index in [1.165, 1.54) is 5.57 Å². The molecule has 0 unspecified atom stereocenters. The van der Waals surface area contributed by atoms with Crippen LogP contribution in [0.3, 0.4) is 0 Å². The SMILES string of the molecule is CC#CCCC(C)=CCCNC(C)C. The molecule has 0 heterocycles. The Kier molecular flexibility index (Phi) is 8.37. The van der Waals surface area contributed by atoms with Gasteiger partial charge in [0.05, 0.1) is 0 Å². The van der Waals surface area contributed by atoms with Gasteiger partial charge in [-0.05, 0) is 33.2 Å². The second-order valence-corrected chi connectivity index (χ2v) is 3.87. The van der Waals surface area contributed by atoms with Gasteiger partial charge in [-0.15, -0.1) is 11.8 Å². The first kappa shape index (κ1) is 13.3. The van der Waals surface area contributed by atoms with Gasteiger partial charge in [0.15, 0.2) is 0 Å². The molecule has 14 heavy (non-hydrogen) atoms. The summed E-state index contributed by atoms with van der Waals surface area (Å²) < 4.78 is 0. The van der Waals surface area contributed by atoms with Gasteiger partial charge in [-0.2, -0.15) is 0 Å². The lowest BCUT2D eigenvalue weighted by atomic mass is 10.1. The molecule has 0 spiro atoms. The fourth-order valence-corrected chi connectivity index (χ4v) is 1.18. The van der Waals surface area contributed by atoms with Crippen molar-refractivity contribution >= 4 is 0 Å². The van der Waals surface area contributed by atoms with Crippen LogP contribution in [0.4, 0.5) is 0 Å². The molecule has 0 saturated heterocycles. The third-order valence-corrected chi connectivity index (χ3v) is 2.01. The predicted molar refractivity (Wildman–Crippen MR) is 64.2 cm³/mol. The van der Waals surface area contributed by atoms with E-state index in [2.05, 4.69) is 44.0 Å². The maximum absolute atomic E-state index is 3.40. The number of rotatable bonds is 6. The van der Waals surface area contributed by atoms with Crippen molar-refractivity contribution in [1.29, 1.82) is 0 Å². The molecule has 0 aliphatic rings. The zero-order valence-electron chi connectivity index (χ0n) is 9.98. The monoisotopic (exact) mass is 193 g/mol. The van der Waals surface area contributed by atoms with Crippen molar-refractivity contribution in [1.82, 2.24) is 5.32 Å². The van der Waals surface area contributed by atoms with E-state index in [4.69, 9.17) is 0 Å². The smallest absolute Gasteiger partial charge is 0.0126 e. The molecule has 0 aromatic carbocycles. The first-order chi connectivity index (χ1) is 6.66. The van der Waals surface area contributed by atoms with Gasteiger partial charge in [-0.25, -0.2) is 0 Å². The number of hydrogen-bond acceptors (Lipinski definition) is 1. The molecule has 0 atom stereocenters. The molecule has 0 aromatic heterocycles. The van der Waals surface area contributed by atoms with Gasteiger partial charge in [0.2, 0.25) is 0 Å². The largest absolute Gasteiger partial charge is 0.314 e. The van der Waals surface area contributed by atoms with Crippen molar-refractivity contribution < 1.29 is 0 Å². The van der Waals surface area contributed by atoms with Gasteiger partial charge >= 0.3 is 0 Å². The summed E-state index contributed by atoms with van der Waals surface area (Å²) in [7, 11) is 0. The van der Waals surface area contributed by atoms with Crippen LogP contribution < -0.4 is 5.32 Å². The summed E-state index contributed by atoms with van der Waals surface area (Å²) >= 11 is 0. The van der Waals surface area contributed by atoms with Crippen LogP contribution in [0.15, 0.2) is 11.6 Å². The molecule has 80 valence electrons. The fourth-order valence-electron chi connectivity index (χ4n) is 1.18. The Labute approximate surface area is 89.0 Å². The average Bonchev–Trinajstić information content (AvgIpc) is 2.13. The molecular weight excluding hydrogens is 170 g/mol. The Balaban J connectivity index is 3.49. The van der Waals surface area contributed by atoms with Gasteiger partial charge in [0, 0.05) is 12.5 Å². The quantitative estimate of drug-likeness (QED) is 0.388. The highest BCUT2D eigenvalue weighted by molar-refractivity contribution is 5.03. The fraction of sp³-hybridized carbons (Fsp3) is 0.692. The Bertz CT molecular complexity index is 215. The highest BCUT2D eigenvalue weighted by Gasteiger charge is 1.91. The Morgan fingerprint density at radius 2 is 2.14 bits per heavy atom. The molecular formula is C13H23N. The molecule has 0 aliphatic carbocycles. The highest BCUT2D eigenvalue weighted by Crippen LogP contribution is 2.03. The second-order valence-electron chi connectivity index (χ2n) is 3.87. The zero-order valence-corrected chi connectivity index (χ0v) is 9.98. The van der Waals surface area contributed by atoms with Gasteiger partial charge in [-0.1, -0.05) is 25.5 Å². The summed E-state index contributed by atoms with van der Waals surface area (Å²) in [5.41, 5.74) is 1.46. The van der Waals surface area contributed by atoms with Crippen LogP contribution in [-0.4, -0.2) is 12.6 Å². The summed E-state index contributed by atoms with van der Waals surface area (Å²) in [6.45, 7) is 9.51. The van der Waals surface area contributed by atoms with Gasteiger partial charge in [-0.3, -0.25) is 0 Å². The molecule has 0 aromatic rings. The maximum Gasteiger partial charge on any atom is 0.0126 e. The minimum atomic E-state index is 0.592. The third kappa shape index (κ3) is 9.35. The van der Waals surface area contributed by atoms with Crippen LogP contribution in [-0.2, 0) is 0 Å². The lowest BCUT2D eigenvalue weighted by molar-refractivity contribution is 0.594. The molecule has 0 amide bonds. The predicted octanol–water partition coefficient (Wildman–Crippen LogP) is 3.12. The zero-order chi connectivity index (χ0) is 10.8. The van der Waals surface area contributed by atoms with E-state index in [0.29, 0.717) is 6.04 Å². The number of nitrogens with one attached hydrogen (secondary N) is 1. The van der Waals surface area contributed by atoms with Crippen molar-refractivity contribution in [2.75, 3.05) is 6.54 Å². The third-order valence-electron chi connectivity index (χ3n) is 2.01. The minimum absolute atomic E-state index is 0.592. The van der Waals surface area contributed by atoms with E-state index in [1.807, 2.05) is 6.92 Å². The van der Waals surface area contributed by atoms with Crippen molar-refractivity contribution in [2.24, 2.45) is 0 Å². The molecule has 0 radical (unpaired) electrons. The Morgan fingerprint density at radius 3 is 2.71 bits per heavy atom. The van der Waals surface area contributed by atoms with Crippen molar-refractivity contribution in [3.05, 3.63) is 11.6 Å². The van der Waals surface area contributed by atoms with Crippen LogP contribution >= 0.6 is 0 Å². The Morgan fingerprint density at radius 1 is 1.43 bits per heavy atom. The second kappa shape index (κ2) is 8.84. The van der Waals surface area contributed by atoms with Gasteiger partial charge < -0.3 is 5.32 Å². The standard InChI is InChI=1S/C13H23N/c1-5-6-7-9-13(4)10-8-11-14-12(2)3/h10,12,14H,7-9,11H2,1-4H3. The normalized spacial score (nSPS) is 11.4. The van der Waals surface area contributed by atoms with Gasteiger partial charge in [0.1, 0.15) is 0 Å². The first-order valence-electron chi connectivity index (χ1n) is 5.45. The molecule has 0 saturated carbocycles. The summed E-state index contributed by atoms with van der Waals surface area (Å²) in [4.78, 5) is 0. The topological polar surface area (TPSA) is 12.0 Å². The van der Waals surface area contributed by atoms with Crippen molar-refractivity contribution in [3.8, 4) is 11.8 Å². The van der Waals surface area contributed by atoms with Crippen LogP contribution in [0.5, 0.6) is 0 Å². The van der Waals surface area contributed by atoms with E-state index in [1.54, 1.807) is 0 Å². The van der Waals surface area contributed by atoms with Crippen LogP contribution in [0, 0.1) is 11.8 Å². The number of hydrogen-bond donors (Lipinski definition) is 1. The Hall–Kier alpha value is -0.740. The minimum Gasteiger partial charge on any atom is -0.314 e. The van der Waals surface area contributed by atoms with Crippen LogP contribution in [0.1, 0.15) is 47.0 Å². The van der Waals surface area contributed by atoms with Crippen LogP contribution in [0.2, 0.25) is 0 Å². The van der Waals surface area contributed by atoms with Gasteiger partial charge in [0.25, 0.3) is 0 Å².